The van der Waals surface area contributed by atoms with Crippen LogP contribution < -0.4 is 16.4 Å². The van der Waals surface area contributed by atoms with E-state index in [0.29, 0.717) is 21.9 Å². The summed E-state index contributed by atoms with van der Waals surface area (Å²) in [6, 6.07) is -2.09. The summed E-state index contributed by atoms with van der Waals surface area (Å²) < 4.78 is 46.2. The van der Waals surface area contributed by atoms with E-state index in [9.17, 15) is 0 Å². The van der Waals surface area contributed by atoms with Crippen molar-refractivity contribution in [3.63, 3.8) is 0 Å². The van der Waals surface area contributed by atoms with Crippen LogP contribution in [-0.4, -0.2) is 6.02 Å². The molecule has 1 heterocycles. The quantitative estimate of drug-likeness (QED) is 0.453. The van der Waals surface area contributed by atoms with E-state index in [2.05, 4.69) is 0 Å². The molecule has 2 rings (SSSR count). The lowest BCUT2D eigenvalue weighted by molar-refractivity contribution is 0.540. The highest BCUT2D eigenvalue weighted by Gasteiger charge is 2.21. The molecular weight excluding hydrogens is 126 g/mol. The minimum atomic E-state index is -2.12. The minimum Gasteiger partial charge on any atom is -0.311 e. The van der Waals surface area contributed by atoms with Crippen LogP contribution in [0.25, 0.3) is 0 Å². The van der Waals surface area contributed by atoms with E-state index in [-0.39, 0.29) is 5.70 Å². The summed E-state index contributed by atoms with van der Waals surface area (Å²) in [5.41, 5.74) is 1.46. The van der Waals surface area contributed by atoms with Crippen molar-refractivity contribution < 1.29 is 8.35 Å². The second kappa shape index (κ2) is 2.11. The van der Waals surface area contributed by atoms with Crippen molar-refractivity contribution in [2.24, 2.45) is 0 Å². The fourth-order valence-electron chi connectivity index (χ4n) is 0.848. The van der Waals surface area contributed by atoms with E-state index in [4.69, 9.17) is 8.35 Å². The van der Waals surface area contributed by atoms with Gasteiger partial charge in [-0.25, -0.2) is 5.42 Å². The van der Waals surface area contributed by atoms with Gasteiger partial charge < -0.3 is 5.42 Å². The molecule has 0 aromatic rings. The van der Waals surface area contributed by atoms with Crippen LogP contribution >= 0.6 is 0 Å². The van der Waals surface area contributed by atoms with Gasteiger partial charge in [0.1, 0.15) is 1.41 Å². The molecule has 1 aliphatic carbocycles. The SMILES string of the molecule is [2H]N1C2=CC=C(C)C([2H])([2H])C2([2H])N([2H])N1[2H]. The third kappa shape index (κ3) is 0.836. The molecule has 54 valence electrons. The first kappa shape index (κ1) is 2.36. The maximum Gasteiger partial charge on any atom is 0.183 e. The van der Waals surface area contributed by atoms with Crippen LogP contribution in [0, 0.1) is 0 Å². The minimum absolute atomic E-state index is 0.0481. The summed E-state index contributed by atoms with van der Waals surface area (Å²) in [5, 5.41) is 0. The summed E-state index contributed by atoms with van der Waals surface area (Å²) in [7, 11) is 0. The normalized spacial score (nSPS) is 56.3. The number of hydrazine groups is 2. The molecule has 0 spiro atoms. The zero-order valence-electron chi connectivity index (χ0n) is 11.5. The van der Waals surface area contributed by atoms with Crippen LogP contribution in [0.4, 0.5) is 0 Å². The first-order valence-corrected chi connectivity index (χ1v) is 3.01. The molecule has 0 aromatic heterocycles. The molecule has 0 saturated carbocycles. The van der Waals surface area contributed by atoms with Gasteiger partial charge in [-0.2, -0.15) is 5.53 Å². The van der Waals surface area contributed by atoms with Gasteiger partial charge in [-0.15, -0.1) is 0 Å². The standard InChI is InChI=1S/C7H11N3/c1-5-2-3-6-7(4-5)9-10-8-6/h2-3,7-10H,4H2,1H3/i4D2,7D/hD3. The molecule has 0 bridgehead atoms. The van der Waals surface area contributed by atoms with Gasteiger partial charge in [-0.3, -0.25) is 0 Å². The van der Waals surface area contributed by atoms with E-state index < -0.39 is 12.4 Å². The summed E-state index contributed by atoms with van der Waals surface area (Å²) >= 11 is 0. The number of hydrogen-bond donors (Lipinski definition) is 3. The fraction of sp³-hybridized carbons (Fsp3) is 0.429. The predicted molar refractivity (Wildman–Crippen MR) is 39.7 cm³/mol. The number of nitrogens with one attached hydrogen (secondary N) is 3. The Bertz CT molecular complexity index is 394. The largest absolute Gasteiger partial charge is 0.311 e. The first-order chi connectivity index (χ1) is 7.24. The zero-order valence-corrected chi connectivity index (χ0v) is 5.50. The highest BCUT2D eigenvalue weighted by Crippen LogP contribution is 2.17. The van der Waals surface area contributed by atoms with Crippen LogP contribution in [0.3, 0.4) is 0 Å². The lowest BCUT2D eigenvalue weighted by Crippen LogP contribution is -2.33. The first-order valence-electron chi connectivity index (χ1n) is 5.85. The molecule has 0 radical (unpaired) electrons. The van der Waals surface area contributed by atoms with Crippen molar-refractivity contribution in [2.45, 2.75) is 19.3 Å². The van der Waals surface area contributed by atoms with Gasteiger partial charge in [0, 0.05) is 8.44 Å². The lowest BCUT2D eigenvalue weighted by Gasteiger charge is -2.13. The summed E-state index contributed by atoms with van der Waals surface area (Å²) in [6.45, 7) is 1.53. The number of allylic oxidation sites excluding steroid dienone is 2. The van der Waals surface area contributed by atoms with Crippen LogP contribution in [-0.2, 0) is 0 Å². The Kier molecular flexibility index (Phi) is 0.497. The molecule has 1 atom stereocenters. The van der Waals surface area contributed by atoms with Gasteiger partial charge in [0.25, 0.3) is 0 Å². The number of rotatable bonds is 0. The fourth-order valence-corrected chi connectivity index (χ4v) is 0.848. The second-order valence-electron chi connectivity index (χ2n) is 2.16. The molecule has 3 N–H and O–H groups in total. The van der Waals surface area contributed by atoms with Gasteiger partial charge in [0.15, 0.2) is 2.82 Å². The van der Waals surface area contributed by atoms with Crippen molar-refractivity contribution in [2.75, 3.05) is 0 Å². The van der Waals surface area contributed by atoms with Crippen LogP contribution in [0.2, 0.25) is 4.24 Å². The van der Waals surface area contributed by atoms with E-state index in [1.54, 1.807) is 0 Å². The average Bonchev–Trinajstić information content (AvgIpc) is 2.38. The summed E-state index contributed by atoms with van der Waals surface area (Å²) in [6.07, 6.45) is 0.747. The molecule has 2 aliphatic rings. The van der Waals surface area contributed by atoms with Crippen LogP contribution in [0.5, 0.6) is 0 Å². The van der Waals surface area contributed by atoms with Gasteiger partial charge in [-0.1, -0.05) is 11.6 Å². The molecule has 3 heteroatoms. The molecular formula is C7H11N3. The van der Waals surface area contributed by atoms with Gasteiger partial charge in [-0.05, 0) is 19.4 Å². The third-order valence-electron chi connectivity index (χ3n) is 1.35. The van der Waals surface area contributed by atoms with Crippen molar-refractivity contribution >= 4 is 0 Å². The summed E-state index contributed by atoms with van der Waals surface area (Å²) in [4.78, 5) is 0. The van der Waals surface area contributed by atoms with Crippen molar-refractivity contribution in [1.82, 2.24) is 16.4 Å². The molecule has 1 fully saturated rings. The highest BCUT2D eigenvalue weighted by molar-refractivity contribution is 5.27. The number of fused-ring (bicyclic) bond motifs is 1. The highest BCUT2D eigenvalue weighted by atomic mass is 15.6. The van der Waals surface area contributed by atoms with E-state index >= 15 is 0 Å². The van der Waals surface area contributed by atoms with Crippen molar-refractivity contribution in [3.05, 3.63) is 23.4 Å². The topological polar surface area (TPSA) is 36.1 Å². The second-order valence-corrected chi connectivity index (χ2v) is 2.16. The van der Waals surface area contributed by atoms with Gasteiger partial charge in [0.2, 0.25) is 0 Å². The molecule has 3 nitrogen and oxygen atoms in total. The predicted octanol–water partition coefficient (Wildman–Crippen LogP) is 0.201. The Morgan fingerprint density at radius 2 is 2.80 bits per heavy atom. The van der Waals surface area contributed by atoms with Gasteiger partial charge in [0.05, 0.1) is 7.39 Å². The molecule has 1 saturated heterocycles. The maximum absolute atomic E-state index is 8.07. The monoisotopic (exact) mass is 143 g/mol. The Labute approximate surface area is 68.7 Å². The van der Waals surface area contributed by atoms with Crippen molar-refractivity contribution in [1.29, 1.82) is 0 Å². The Morgan fingerprint density at radius 1 is 1.90 bits per heavy atom. The van der Waals surface area contributed by atoms with Crippen molar-refractivity contribution in [3.8, 4) is 0 Å². The maximum atomic E-state index is 8.07. The van der Waals surface area contributed by atoms with E-state index in [1.807, 2.05) is 0 Å². The smallest absolute Gasteiger partial charge is 0.183 e. The van der Waals surface area contributed by atoms with E-state index in [1.165, 1.54) is 19.1 Å². The Hall–Kier alpha value is -0.800. The Morgan fingerprint density at radius 3 is 3.70 bits per heavy atom. The van der Waals surface area contributed by atoms with E-state index in [0.717, 1.165) is 0 Å². The van der Waals surface area contributed by atoms with Crippen LogP contribution in [0.15, 0.2) is 23.4 Å². The molecule has 10 heavy (non-hydrogen) atoms. The zero-order chi connectivity index (χ0) is 12.3. The van der Waals surface area contributed by atoms with Crippen LogP contribution in [0.1, 0.15) is 17.4 Å². The number of hydrogen-bond acceptors (Lipinski definition) is 3. The Balaban J connectivity index is 2.61. The summed E-state index contributed by atoms with van der Waals surface area (Å²) in [5.74, 6) is 0. The molecule has 0 aromatic carbocycles. The third-order valence-corrected chi connectivity index (χ3v) is 1.35. The molecule has 0 amide bonds. The average molecular weight is 143 g/mol. The lowest BCUT2D eigenvalue weighted by atomic mass is 10.0. The molecule has 1 aliphatic heterocycles. The van der Waals surface area contributed by atoms with Gasteiger partial charge >= 0.3 is 0 Å². The molecule has 1 unspecified atom stereocenters.